The molecule has 1 saturated heterocycles. The Balaban J connectivity index is 2.24. The molecule has 1 aromatic carbocycles. The monoisotopic (exact) mass is 297 g/mol. The molecule has 0 bridgehead atoms. The van der Waals surface area contributed by atoms with Crippen molar-refractivity contribution in [1.82, 2.24) is 0 Å². The van der Waals surface area contributed by atoms with E-state index in [9.17, 15) is 5.11 Å². The van der Waals surface area contributed by atoms with Gasteiger partial charge in [-0.3, -0.25) is 5.41 Å². The molecule has 1 aliphatic rings. The summed E-state index contributed by atoms with van der Waals surface area (Å²) in [6, 6.07) is 5.70. The highest BCUT2D eigenvalue weighted by molar-refractivity contribution is 9.10. The average Bonchev–Trinajstić information content (AvgIpc) is 2.58. The van der Waals surface area contributed by atoms with Gasteiger partial charge in [-0.05, 0) is 47.5 Å². The third-order valence-electron chi connectivity index (χ3n) is 3.06. The molecule has 0 spiro atoms. The number of hydrogen-bond acceptors (Lipinski definition) is 3. The van der Waals surface area contributed by atoms with Crippen LogP contribution in [-0.4, -0.2) is 29.6 Å². The predicted molar refractivity (Wildman–Crippen MR) is 72.6 cm³/mol. The van der Waals surface area contributed by atoms with E-state index in [-0.39, 0.29) is 5.84 Å². The van der Waals surface area contributed by atoms with E-state index in [2.05, 4.69) is 20.8 Å². The van der Waals surface area contributed by atoms with E-state index in [4.69, 9.17) is 11.1 Å². The lowest BCUT2D eigenvalue weighted by Crippen LogP contribution is -2.29. The van der Waals surface area contributed by atoms with Gasteiger partial charge in [-0.15, -0.1) is 0 Å². The van der Waals surface area contributed by atoms with Gasteiger partial charge in [0.05, 0.1) is 5.60 Å². The van der Waals surface area contributed by atoms with Crippen LogP contribution in [0.3, 0.4) is 0 Å². The van der Waals surface area contributed by atoms with Gasteiger partial charge in [-0.2, -0.15) is 0 Å². The Hall–Kier alpha value is -1.07. The normalized spacial score (nSPS) is 24.1. The fraction of sp³-hybridized carbons (Fsp3) is 0.417. The lowest BCUT2D eigenvalue weighted by molar-refractivity contribution is 0.0839. The summed E-state index contributed by atoms with van der Waals surface area (Å²) in [5, 5.41) is 17.3. The Morgan fingerprint density at radius 3 is 2.76 bits per heavy atom. The van der Waals surface area contributed by atoms with Crippen molar-refractivity contribution in [3.63, 3.8) is 0 Å². The van der Waals surface area contributed by atoms with Crippen molar-refractivity contribution in [2.75, 3.05) is 18.0 Å². The van der Waals surface area contributed by atoms with Crippen LogP contribution in [0.15, 0.2) is 22.7 Å². The van der Waals surface area contributed by atoms with Gasteiger partial charge in [0, 0.05) is 28.8 Å². The highest BCUT2D eigenvalue weighted by Gasteiger charge is 2.31. The van der Waals surface area contributed by atoms with Crippen molar-refractivity contribution < 1.29 is 5.11 Å². The number of benzene rings is 1. The van der Waals surface area contributed by atoms with Crippen LogP contribution in [0, 0.1) is 5.41 Å². The van der Waals surface area contributed by atoms with Crippen LogP contribution in [0.1, 0.15) is 18.9 Å². The standard InChI is InChI=1S/C12H16BrN3O/c1-12(17)4-5-16(7-12)8-2-3-9(11(14)15)10(13)6-8/h2-3,6,17H,4-5,7H2,1H3,(H3,14,15). The molecular formula is C12H16BrN3O. The quantitative estimate of drug-likeness (QED) is 0.574. The van der Waals surface area contributed by atoms with Crippen molar-refractivity contribution in [3.8, 4) is 0 Å². The van der Waals surface area contributed by atoms with E-state index in [1.165, 1.54) is 0 Å². The number of nitrogen functional groups attached to an aromatic ring is 1. The van der Waals surface area contributed by atoms with Gasteiger partial charge >= 0.3 is 0 Å². The summed E-state index contributed by atoms with van der Waals surface area (Å²) in [6.45, 7) is 3.34. The minimum atomic E-state index is -0.605. The SMILES string of the molecule is CC1(O)CCN(c2ccc(C(=N)N)c(Br)c2)C1. The van der Waals surface area contributed by atoms with Crippen LogP contribution >= 0.6 is 15.9 Å². The lowest BCUT2D eigenvalue weighted by atomic mass is 10.1. The van der Waals surface area contributed by atoms with Gasteiger partial charge in [-0.1, -0.05) is 0 Å². The lowest BCUT2D eigenvalue weighted by Gasteiger charge is -2.21. The molecule has 0 amide bonds. The van der Waals surface area contributed by atoms with Gasteiger partial charge in [0.15, 0.2) is 0 Å². The maximum atomic E-state index is 9.93. The van der Waals surface area contributed by atoms with E-state index >= 15 is 0 Å². The predicted octanol–water partition coefficient (Wildman–Crippen LogP) is 1.69. The Morgan fingerprint density at radius 2 is 2.29 bits per heavy atom. The summed E-state index contributed by atoms with van der Waals surface area (Å²) in [6.07, 6.45) is 0.777. The van der Waals surface area contributed by atoms with E-state index < -0.39 is 5.60 Å². The number of aliphatic hydroxyl groups is 1. The molecule has 0 aliphatic carbocycles. The minimum absolute atomic E-state index is 0.0526. The summed E-state index contributed by atoms with van der Waals surface area (Å²) < 4.78 is 0.814. The molecule has 5 heteroatoms. The zero-order chi connectivity index (χ0) is 12.6. The van der Waals surface area contributed by atoms with Crippen molar-refractivity contribution in [2.45, 2.75) is 18.9 Å². The topological polar surface area (TPSA) is 73.3 Å². The summed E-state index contributed by atoms with van der Waals surface area (Å²) in [5.74, 6) is 0.0526. The molecule has 1 aromatic rings. The Labute approximate surface area is 109 Å². The van der Waals surface area contributed by atoms with E-state index in [1.54, 1.807) is 0 Å². The largest absolute Gasteiger partial charge is 0.388 e. The van der Waals surface area contributed by atoms with Crippen LogP contribution in [0.5, 0.6) is 0 Å². The number of β-amino-alcohol motifs (C(OH)–C–C–N with tert-alkyl or cyclic N) is 1. The second-order valence-corrected chi connectivity index (χ2v) is 5.60. The zero-order valence-electron chi connectivity index (χ0n) is 9.70. The number of anilines is 1. The molecule has 4 N–H and O–H groups in total. The van der Waals surface area contributed by atoms with Crippen molar-refractivity contribution in [2.24, 2.45) is 5.73 Å². The van der Waals surface area contributed by atoms with Gasteiger partial charge in [0.25, 0.3) is 0 Å². The molecule has 92 valence electrons. The van der Waals surface area contributed by atoms with Gasteiger partial charge < -0.3 is 15.7 Å². The summed E-state index contributed by atoms with van der Waals surface area (Å²) in [5.41, 5.74) is 6.59. The smallest absolute Gasteiger partial charge is 0.123 e. The Kier molecular flexibility index (Phi) is 3.14. The van der Waals surface area contributed by atoms with Gasteiger partial charge in [0.1, 0.15) is 5.84 Å². The van der Waals surface area contributed by atoms with E-state index in [0.29, 0.717) is 12.1 Å². The molecule has 2 rings (SSSR count). The minimum Gasteiger partial charge on any atom is -0.388 e. The van der Waals surface area contributed by atoms with Crippen LogP contribution < -0.4 is 10.6 Å². The molecule has 0 radical (unpaired) electrons. The van der Waals surface area contributed by atoms with Gasteiger partial charge in [-0.25, -0.2) is 0 Å². The van der Waals surface area contributed by atoms with Crippen LogP contribution in [-0.2, 0) is 0 Å². The zero-order valence-corrected chi connectivity index (χ0v) is 11.3. The van der Waals surface area contributed by atoms with Crippen molar-refractivity contribution in [3.05, 3.63) is 28.2 Å². The highest BCUT2D eigenvalue weighted by atomic mass is 79.9. The molecule has 17 heavy (non-hydrogen) atoms. The molecule has 1 fully saturated rings. The number of nitrogens with zero attached hydrogens (tertiary/aromatic N) is 1. The Bertz CT molecular complexity index is 459. The van der Waals surface area contributed by atoms with E-state index in [1.807, 2.05) is 25.1 Å². The number of nitrogens with two attached hydrogens (primary N) is 1. The first kappa shape index (κ1) is 12.4. The fourth-order valence-electron chi connectivity index (χ4n) is 2.08. The molecule has 0 saturated carbocycles. The van der Waals surface area contributed by atoms with Crippen molar-refractivity contribution in [1.29, 1.82) is 5.41 Å². The second-order valence-electron chi connectivity index (χ2n) is 4.75. The third-order valence-corrected chi connectivity index (χ3v) is 3.72. The third kappa shape index (κ3) is 2.61. The summed E-state index contributed by atoms with van der Waals surface area (Å²) in [4.78, 5) is 2.13. The first-order valence-electron chi connectivity index (χ1n) is 5.50. The summed E-state index contributed by atoms with van der Waals surface area (Å²) >= 11 is 3.41. The number of amidine groups is 1. The molecule has 1 unspecified atom stereocenters. The fourth-order valence-corrected chi connectivity index (χ4v) is 2.66. The van der Waals surface area contributed by atoms with Crippen LogP contribution in [0.4, 0.5) is 5.69 Å². The molecule has 1 aliphatic heterocycles. The summed E-state index contributed by atoms with van der Waals surface area (Å²) in [7, 11) is 0. The first-order chi connectivity index (χ1) is 7.89. The van der Waals surface area contributed by atoms with Crippen LogP contribution in [0.2, 0.25) is 0 Å². The molecule has 1 heterocycles. The van der Waals surface area contributed by atoms with Crippen LogP contribution in [0.25, 0.3) is 0 Å². The average molecular weight is 298 g/mol. The number of halogens is 1. The molecule has 4 nitrogen and oxygen atoms in total. The molecule has 0 aromatic heterocycles. The number of rotatable bonds is 2. The number of nitrogens with one attached hydrogen (secondary N) is 1. The number of hydrogen-bond donors (Lipinski definition) is 3. The first-order valence-corrected chi connectivity index (χ1v) is 6.30. The van der Waals surface area contributed by atoms with Crippen molar-refractivity contribution >= 4 is 27.5 Å². The highest BCUT2D eigenvalue weighted by Crippen LogP contribution is 2.29. The maximum absolute atomic E-state index is 9.93. The maximum Gasteiger partial charge on any atom is 0.123 e. The van der Waals surface area contributed by atoms with E-state index in [0.717, 1.165) is 23.1 Å². The molecular weight excluding hydrogens is 282 g/mol. The van der Waals surface area contributed by atoms with Gasteiger partial charge in [0.2, 0.25) is 0 Å². The second kappa shape index (κ2) is 4.31. The Morgan fingerprint density at radius 1 is 1.59 bits per heavy atom. The molecule has 1 atom stereocenters.